The van der Waals surface area contributed by atoms with Crippen molar-refractivity contribution in [1.82, 2.24) is 5.32 Å². The van der Waals surface area contributed by atoms with Gasteiger partial charge in [0.15, 0.2) is 0 Å². The first-order valence-electron chi connectivity index (χ1n) is 6.47. The number of allylic oxidation sites excluding steroid dienone is 2. The highest BCUT2D eigenvalue weighted by Gasteiger charge is 2.21. The quantitative estimate of drug-likeness (QED) is 0.789. The van der Waals surface area contributed by atoms with Crippen molar-refractivity contribution >= 4 is 11.8 Å². The van der Waals surface area contributed by atoms with Crippen molar-refractivity contribution in [3.05, 3.63) is 48.0 Å². The molecule has 0 unspecified atom stereocenters. The molecule has 2 rings (SSSR count). The molecule has 0 saturated heterocycles. The third kappa shape index (κ3) is 3.68. The van der Waals surface area contributed by atoms with Crippen LogP contribution in [-0.4, -0.2) is 11.8 Å². The minimum absolute atomic E-state index is 0.135. The van der Waals surface area contributed by atoms with Gasteiger partial charge in [0.1, 0.15) is 6.04 Å². The Hall–Kier alpha value is -2.10. The van der Waals surface area contributed by atoms with Crippen molar-refractivity contribution in [3.63, 3.8) is 0 Å². The van der Waals surface area contributed by atoms with Crippen molar-refractivity contribution in [2.75, 3.05) is 0 Å². The van der Waals surface area contributed by atoms with E-state index in [9.17, 15) is 9.59 Å². The first-order valence-corrected chi connectivity index (χ1v) is 6.47. The maximum Gasteiger partial charge on any atom is 0.244 e. The van der Waals surface area contributed by atoms with Crippen LogP contribution >= 0.6 is 0 Å². The molecule has 0 fully saturated rings. The largest absolute Gasteiger partial charge is 0.368 e. The Morgan fingerprint density at radius 3 is 2.63 bits per heavy atom. The maximum atomic E-state index is 11.9. The number of nitrogens with one attached hydrogen (secondary N) is 1. The van der Waals surface area contributed by atoms with Crippen LogP contribution in [0.1, 0.15) is 30.9 Å². The van der Waals surface area contributed by atoms with Crippen molar-refractivity contribution < 1.29 is 9.59 Å². The molecule has 2 amide bonds. The molecule has 3 N–H and O–H groups in total. The normalized spacial score (nSPS) is 19.1. The molecule has 1 aromatic carbocycles. The number of hydrogen-bond acceptors (Lipinski definition) is 2. The summed E-state index contributed by atoms with van der Waals surface area (Å²) < 4.78 is 0. The van der Waals surface area contributed by atoms with E-state index in [0.29, 0.717) is 12.0 Å². The fourth-order valence-corrected chi connectivity index (χ4v) is 2.29. The van der Waals surface area contributed by atoms with Crippen molar-refractivity contribution in [1.29, 1.82) is 0 Å². The van der Waals surface area contributed by atoms with E-state index in [1.54, 1.807) is 12.1 Å². The topological polar surface area (TPSA) is 72.2 Å². The average Bonchev–Trinajstić information content (AvgIpc) is 2.89. The number of benzene rings is 1. The highest BCUT2D eigenvalue weighted by molar-refractivity contribution is 5.87. The second-order valence-electron chi connectivity index (χ2n) is 4.78. The van der Waals surface area contributed by atoms with Gasteiger partial charge in [-0.1, -0.05) is 42.5 Å². The zero-order valence-corrected chi connectivity index (χ0v) is 10.7. The van der Waals surface area contributed by atoms with E-state index in [-0.39, 0.29) is 11.8 Å². The summed E-state index contributed by atoms with van der Waals surface area (Å²) in [6.45, 7) is 0. The Kier molecular flexibility index (Phi) is 4.34. The molecule has 0 heterocycles. The van der Waals surface area contributed by atoms with Crippen LogP contribution in [0.3, 0.4) is 0 Å². The highest BCUT2D eigenvalue weighted by atomic mass is 16.2. The van der Waals surface area contributed by atoms with Crippen LogP contribution < -0.4 is 11.1 Å². The Morgan fingerprint density at radius 1 is 1.32 bits per heavy atom. The standard InChI is InChI=1S/C15H18N2O2/c16-15(19)14(12-8-2-1-3-9-12)17-13(18)10-11-6-4-5-7-11/h1-4,6,8-9,11,14H,5,7,10H2,(H2,16,19)(H,17,18)/t11-,14-/m1/s1. The SMILES string of the molecule is NC(=O)[C@H](NC(=O)C[C@@H]1C=CCC1)c1ccccc1. The Morgan fingerprint density at radius 2 is 2.05 bits per heavy atom. The molecule has 0 saturated carbocycles. The third-order valence-corrected chi connectivity index (χ3v) is 3.28. The molecule has 0 aromatic heterocycles. The van der Waals surface area contributed by atoms with Crippen LogP contribution in [0.5, 0.6) is 0 Å². The summed E-state index contributed by atoms with van der Waals surface area (Å²) in [6, 6.07) is 8.30. The van der Waals surface area contributed by atoms with Crippen molar-refractivity contribution in [2.45, 2.75) is 25.3 Å². The van der Waals surface area contributed by atoms with Gasteiger partial charge in [0.25, 0.3) is 0 Å². The second kappa shape index (κ2) is 6.18. The van der Waals surface area contributed by atoms with Gasteiger partial charge in [-0.05, 0) is 24.3 Å². The number of carbonyl (C=O) groups is 2. The molecule has 100 valence electrons. The van der Waals surface area contributed by atoms with Gasteiger partial charge in [-0.3, -0.25) is 9.59 Å². The van der Waals surface area contributed by atoms with E-state index in [4.69, 9.17) is 5.73 Å². The summed E-state index contributed by atoms with van der Waals surface area (Å²) in [6.07, 6.45) is 6.57. The van der Waals surface area contributed by atoms with Crippen LogP contribution in [0, 0.1) is 5.92 Å². The van der Waals surface area contributed by atoms with Gasteiger partial charge in [0.05, 0.1) is 0 Å². The number of hydrogen-bond donors (Lipinski definition) is 2. The van der Waals surface area contributed by atoms with Crippen LogP contribution in [0.4, 0.5) is 0 Å². The number of carbonyl (C=O) groups excluding carboxylic acids is 2. The van der Waals surface area contributed by atoms with Crippen molar-refractivity contribution in [2.24, 2.45) is 11.7 Å². The van der Waals surface area contributed by atoms with E-state index >= 15 is 0 Å². The van der Waals surface area contributed by atoms with E-state index < -0.39 is 11.9 Å². The Bertz CT molecular complexity index is 482. The smallest absolute Gasteiger partial charge is 0.244 e. The van der Waals surface area contributed by atoms with E-state index in [0.717, 1.165) is 12.8 Å². The monoisotopic (exact) mass is 258 g/mol. The summed E-state index contributed by atoms with van der Waals surface area (Å²) in [4.78, 5) is 23.4. The molecule has 2 atom stereocenters. The molecule has 0 bridgehead atoms. The van der Waals surface area contributed by atoms with E-state index in [1.807, 2.05) is 18.2 Å². The lowest BCUT2D eigenvalue weighted by Gasteiger charge is -2.17. The molecule has 19 heavy (non-hydrogen) atoms. The molecule has 4 nitrogen and oxygen atoms in total. The van der Waals surface area contributed by atoms with Gasteiger partial charge in [-0.2, -0.15) is 0 Å². The molecular weight excluding hydrogens is 240 g/mol. The van der Waals surface area contributed by atoms with Crippen molar-refractivity contribution in [3.8, 4) is 0 Å². The number of primary amides is 1. The number of nitrogens with two attached hydrogens (primary N) is 1. The molecule has 1 aliphatic carbocycles. The summed E-state index contributed by atoms with van der Waals surface area (Å²) in [7, 11) is 0. The van der Waals surface area contributed by atoms with Crippen LogP contribution in [0.2, 0.25) is 0 Å². The van der Waals surface area contributed by atoms with Gasteiger partial charge < -0.3 is 11.1 Å². The zero-order chi connectivity index (χ0) is 13.7. The molecule has 1 aromatic rings. The van der Waals surface area contributed by atoms with Gasteiger partial charge in [0, 0.05) is 6.42 Å². The first-order chi connectivity index (χ1) is 9.16. The van der Waals surface area contributed by atoms with Gasteiger partial charge in [-0.15, -0.1) is 0 Å². The summed E-state index contributed by atoms with van der Waals surface area (Å²) in [5, 5.41) is 2.71. The summed E-state index contributed by atoms with van der Waals surface area (Å²) in [5.74, 6) is -0.394. The van der Waals surface area contributed by atoms with Gasteiger partial charge in [-0.25, -0.2) is 0 Å². The van der Waals surface area contributed by atoms with Crippen LogP contribution in [-0.2, 0) is 9.59 Å². The number of rotatable bonds is 5. The third-order valence-electron chi connectivity index (χ3n) is 3.28. The van der Waals surface area contributed by atoms with Gasteiger partial charge >= 0.3 is 0 Å². The summed E-state index contributed by atoms with van der Waals surface area (Å²) >= 11 is 0. The lowest BCUT2D eigenvalue weighted by atomic mass is 10.0. The minimum atomic E-state index is -0.751. The molecule has 0 aliphatic heterocycles. The molecular formula is C15H18N2O2. The number of amides is 2. The highest BCUT2D eigenvalue weighted by Crippen LogP contribution is 2.21. The second-order valence-corrected chi connectivity index (χ2v) is 4.78. The molecule has 0 spiro atoms. The Labute approximate surface area is 112 Å². The summed E-state index contributed by atoms with van der Waals surface area (Å²) in [5.41, 5.74) is 6.07. The average molecular weight is 258 g/mol. The van der Waals surface area contributed by atoms with Crippen LogP contribution in [0.25, 0.3) is 0 Å². The predicted octanol–water partition coefficient (Wildman–Crippen LogP) is 1.69. The van der Waals surface area contributed by atoms with Gasteiger partial charge in [0.2, 0.25) is 11.8 Å². The maximum absolute atomic E-state index is 11.9. The lowest BCUT2D eigenvalue weighted by molar-refractivity contribution is -0.127. The first kappa shape index (κ1) is 13.3. The minimum Gasteiger partial charge on any atom is -0.368 e. The Balaban J connectivity index is 1.99. The molecule has 1 aliphatic rings. The molecule has 0 radical (unpaired) electrons. The fraction of sp³-hybridized carbons (Fsp3) is 0.333. The fourth-order valence-electron chi connectivity index (χ4n) is 2.29. The predicted molar refractivity (Wildman–Crippen MR) is 73.0 cm³/mol. The molecule has 4 heteroatoms. The van der Waals surface area contributed by atoms with E-state index in [1.165, 1.54) is 0 Å². The van der Waals surface area contributed by atoms with Crippen LogP contribution in [0.15, 0.2) is 42.5 Å². The zero-order valence-electron chi connectivity index (χ0n) is 10.7. The van der Waals surface area contributed by atoms with E-state index in [2.05, 4.69) is 17.5 Å². The lowest BCUT2D eigenvalue weighted by Crippen LogP contribution is -2.37.